The van der Waals surface area contributed by atoms with Crippen LogP contribution in [-0.4, -0.2) is 27.7 Å². The Balaban J connectivity index is 2.30. The van der Waals surface area contributed by atoms with Gasteiger partial charge in [0.2, 0.25) is 0 Å². The summed E-state index contributed by atoms with van der Waals surface area (Å²) < 4.78 is 3.73. The maximum atomic E-state index is 3.99. The maximum absolute atomic E-state index is 3.99. The number of aromatic nitrogens is 6. The minimum atomic E-state index is 0.730. The molecule has 0 aliphatic rings. The Morgan fingerprint density at radius 3 is 1.80 bits per heavy atom. The summed E-state index contributed by atoms with van der Waals surface area (Å²) in [5, 5.41) is 15.6. The van der Waals surface area contributed by atoms with Crippen LogP contribution in [-0.2, 0) is 14.1 Å². The van der Waals surface area contributed by atoms with E-state index in [4.69, 9.17) is 0 Å². The molecule has 0 spiro atoms. The van der Waals surface area contributed by atoms with Gasteiger partial charge in [0.1, 0.15) is 24.8 Å². The summed E-state index contributed by atoms with van der Waals surface area (Å²) in [7, 11) is 5.62. The van der Waals surface area contributed by atoms with Crippen LogP contribution in [0.15, 0.2) is 24.8 Å². The van der Waals surface area contributed by atoms with Crippen molar-refractivity contribution in [2.24, 2.45) is 14.1 Å². The summed E-state index contributed by atoms with van der Waals surface area (Å²) in [5.41, 5.74) is 1.46. The van der Waals surface area contributed by atoms with Gasteiger partial charge >= 0.3 is 7.28 Å². The van der Waals surface area contributed by atoms with Gasteiger partial charge in [0, 0.05) is 0 Å². The van der Waals surface area contributed by atoms with E-state index in [0.717, 1.165) is 11.4 Å². The summed E-state index contributed by atoms with van der Waals surface area (Å²) in [5.74, 6) is 0. The molecule has 2 rings (SSSR count). The molecule has 1 radical (unpaired) electrons. The Hall–Kier alpha value is -1.92. The zero-order valence-electron chi connectivity index (χ0n) is 8.57. The topological polar surface area (TPSA) is 59.3 Å². The lowest BCUT2D eigenvalue weighted by atomic mass is 9.76. The number of aryl methyl sites for hydroxylation is 2. The second-order valence-corrected chi connectivity index (χ2v) is 3.11. The van der Waals surface area contributed by atoms with Crippen LogP contribution < -0.4 is 20.6 Å². The lowest BCUT2D eigenvalue weighted by Gasteiger charge is -1.93. The number of hydrogen-bond donors (Lipinski definition) is 0. The Kier molecular flexibility index (Phi) is 2.62. The Bertz CT molecular complexity index is 431. The maximum Gasteiger partial charge on any atom is 0.436 e. The van der Waals surface area contributed by atoms with Crippen LogP contribution in [0.3, 0.4) is 0 Å². The standard InChI is InChI=1S/C8H10BN6/c1-14-5-3-10-12-7(14)9-8-13-11-4-6-15(8)2/h3-6H,1-2H3/q+2. The Morgan fingerprint density at radius 1 is 0.933 bits per heavy atom. The van der Waals surface area contributed by atoms with Crippen LogP contribution in [0.2, 0.25) is 0 Å². The van der Waals surface area contributed by atoms with E-state index < -0.39 is 0 Å². The fraction of sp³-hybridized carbons (Fsp3) is 0.250. The molecule has 0 fully saturated rings. The molecule has 7 heteroatoms. The molecule has 0 atom stereocenters. The fourth-order valence-corrected chi connectivity index (χ4v) is 1.12. The minimum absolute atomic E-state index is 0.730. The number of nitrogens with zero attached hydrogens (tertiary/aromatic N) is 6. The number of rotatable bonds is 2. The first-order chi connectivity index (χ1) is 7.27. The lowest BCUT2D eigenvalue weighted by Crippen LogP contribution is -2.61. The molecule has 0 N–H and O–H groups in total. The molecule has 0 amide bonds. The van der Waals surface area contributed by atoms with Crippen molar-refractivity contribution in [1.82, 2.24) is 20.4 Å². The molecule has 0 aromatic carbocycles. The molecule has 2 aromatic heterocycles. The second-order valence-electron chi connectivity index (χ2n) is 3.11. The zero-order chi connectivity index (χ0) is 10.7. The highest BCUT2D eigenvalue weighted by Gasteiger charge is 2.23. The SMILES string of the molecule is C[n+]1ccnnc1[B]c1nncc[n+]1C. The van der Waals surface area contributed by atoms with E-state index in [2.05, 4.69) is 20.4 Å². The van der Waals surface area contributed by atoms with Gasteiger partial charge in [0.25, 0.3) is 11.4 Å². The lowest BCUT2D eigenvalue weighted by molar-refractivity contribution is -0.661. The normalized spacial score (nSPS) is 10.0. The third-order valence-corrected chi connectivity index (χ3v) is 2.02. The third-order valence-electron chi connectivity index (χ3n) is 2.02. The predicted octanol–water partition coefficient (Wildman–Crippen LogP) is -3.43. The second kappa shape index (κ2) is 4.08. The Labute approximate surface area is 87.9 Å². The molecule has 15 heavy (non-hydrogen) atoms. The molecule has 0 bridgehead atoms. The van der Waals surface area contributed by atoms with Gasteiger partial charge in [-0.05, 0) is 10.2 Å². The molecule has 0 saturated heterocycles. The summed E-state index contributed by atoms with van der Waals surface area (Å²) in [6.07, 6.45) is 6.92. The summed E-state index contributed by atoms with van der Waals surface area (Å²) >= 11 is 0. The van der Waals surface area contributed by atoms with Crippen molar-refractivity contribution in [2.75, 3.05) is 0 Å². The van der Waals surface area contributed by atoms with Crippen LogP contribution >= 0.6 is 0 Å². The fourth-order valence-electron chi connectivity index (χ4n) is 1.12. The molecule has 2 aromatic rings. The largest absolute Gasteiger partial charge is 0.436 e. The molecular formula is C8H10BN6+2. The van der Waals surface area contributed by atoms with Crippen molar-refractivity contribution in [3.63, 3.8) is 0 Å². The van der Waals surface area contributed by atoms with Gasteiger partial charge in [-0.2, -0.15) is 0 Å². The van der Waals surface area contributed by atoms with Crippen molar-refractivity contribution in [1.29, 1.82) is 0 Å². The van der Waals surface area contributed by atoms with E-state index in [9.17, 15) is 0 Å². The highest BCUT2D eigenvalue weighted by molar-refractivity contribution is 6.62. The molecule has 0 unspecified atom stereocenters. The first kappa shape index (κ1) is 9.63. The molecule has 73 valence electrons. The molecule has 0 saturated carbocycles. The van der Waals surface area contributed by atoms with Gasteiger partial charge < -0.3 is 0 Å². The van der Waals surface area contributed by atoms with E-state index in [1.54, 1.807) is 12.4 Å². The smallest absolute Gasteiger partial charge is 0.243 e. The van der Waals surface area contributed by atoms with Crippen molar-refractivity contribution >= 4 is 18.7 Å². The van der Waals surface area contributed by atoms with Gasteiger partial charge in [-0.25, -0.2) is 9.13 Å². The van der Waals surface area contributed by atoms with Crippen LogP contribution in [0, 0.1) is 0 Å². The van der Waals surface area contributed by atoms with Crippen molar-refractivity contribution in [2.45, 2.75) is 0 Å². The van der Waals surface area contributed by atoms with E-state index in [1.807, 2.05) is 42.9 Å². The van der Waals surface area contributed by atoms with Crippen molar-refractivity contribution in [3.8, 4) is 0 Å². The van der Waals surface area contributed by atoms with Crippen LogP contribution in [0.5, 0.6) is 0 Å². The Morgan fingerprint density at radius 2 is 1.40 bits per heavy atom. The summed E-state index contributed by atoms with van der Waals surface area (Å²) in [4.78, 5) is 0. The molecule has 2 heterocycles. The molecule has 0 aliphatic heterocycles. The van der Waals surface area contributed by atoms with Crippen molar-refractivity contribution in [3.05, 3.63) is 24.8 Å². The minimum Gasteiger partial charge on any atom is -0.243 e. The van der Waals surface area contributed by atoms with E-state index in [1.165, 1.54) is 0 Å². The first-order valence-electron chi connectivity index (χ1n) is 4.47. The van der Waals surface area contributed by atoms with E-state index in [0.29, 0.717) is 0 Å². The van der Waals surface area contributed by atoms with Gasteiger partial charge in [-0.1, -0.05) is 0 Å². The summed E-state index contributed by atoms with van der Waals surface area (Å²) in [6.45, 7) is 0. The predicted molar refractivity (Wildman–Crippen MR) is 51.4 cm³/mol. The molecule has 6 nitrogen and oxygen atoms in total. The highest BCUT2D eigenvalue weighted by Crippen LogP contribution is 1.62. The van der Waals surface area contributed by atoms with Crippen LogP contribution in [0.25, 0.3) is 0 Å². The number of hydrogen-bond acceptors (Lipinski definition) is 4. The van der Waals surface area contributed by atoms with Crippen LogP contribution in [0.1, 0.15) is 0 Å². The quantitative estimate of drug-likeness (QED) is 0.375. The highest BCUT2D eigenvalue weighted by atomic mass is 15.2. The zero-order valence-corrected chi connectivity index (χ0v) is 8.57. The summed E-state index contributed by atoms with van der Waals surface area (Å²) in [6, 6.07) is 0. The average molecular weight is 201 g/mol. The van der Waals surface area contributed by atoms with Crippen molar-refractivity contribution < 1.29 is 9.13 Å². The molecule has 0 aliphatic carbocycles. The van der Waals surface area contributed by atoms with Gasteiger partial charge in [-0.15, -0.1) is 0 Å². The first-order valence-corrected chi connectivity index (χ1v) is 4.47. The average Bonchev–Trinajstić information content (AvgIpc) is 2.24. The van der Waals surface area contributed by atoms with Gasteiger partial charge in [0.05, 0.1) is 24.3 Å². The van der Waals surface area contributed by atoms with E-state index in [-0.39, 0.29) is 0 Å². The van der Waals surface area contributed by atoms with Gasteiger partial charge in [-0.3, -0.25) is 0 Å². The third kappa shape index (κ3) is 2.12. The monoisotopic (exact) mass is 201 g/mol. The van der Waals surface area contributed by atoms with E-state index >= 15 is 0 Å². The van der Waals surface area contributed by atoms with Gasteiger partial charge in [0.15, 0.2) is 0 Å². The molecular weight excluding hydrogens is 191 g/mol. The van der Waals surface area contributed by atoms with Crippen LogP contribution in [0.4, 0.5) is 0 Å².